The van der Waals surface area contributed by atoms with Gasteiger partial charge in [0.1, 0.15) is 23.0 Å². The molecule has 1 atom stereocenters. The van der Waals surface area contributed by atoms with E-state index in [9.17, 15) is 9.90 Å². The number of likely N-dealkylation sites (N-methyl/N-ethyl adjacent to an activating group) is 1. The Labute approximate surface area is 197 Å². The van der Waals surface area contributed by atoms with Gasteiger partial charge in [0.15, 0.2) is 0 Å². The van der Waals surface area contributed by atoms with Crippen LogP contribution in [0.5, 0.6) is 5.75 Å². The van der Waals surface area contributed by atoms with E-state index in [2.05, 4.69) is 59.2 Å². The second kappa shape index (κ2) is 12.3. The second-order valence-corrected chi connectivity index (χ2v) is 8.89. The molecule has 0 bridgehead atoms. The lowest BCUT2D eigenvalue weighted by Gasteiger charge is -2.15. The number of carbonyl (C=O) groups is 1. The van der Waals surface area contributed by atoms with E-state index in [0.29, 0.717) is 23.7 Å². The molecule has 1 heterocycles. The minimum absolute atomic E-state index is 0.113. The van der Waals surface area contributed by atoms with Gasteiger partial charge in [-0.2, -0.15) is 0 Å². The Morgan fingerprint density at radius 3 is 2.55 bits per heavy atom. The Morgan fingerprint density at radius 1 is 1.12 bits per heavy atom. The van der Waals surface area contributed by atoms with Gasteiger partial charge in [-0.1, -0.05) is 19.1 Å². The van der Waals surface area contributed by atoms with Crippen molar-refractivity contribution in [2.24, 2.45) is 11.8 Å². The molecule has 1 aliphatic rings. The molecular weight excluding hydrogens is 416 g/mol. The Kier molecular flexibility index (Phi) is 9.24. The van der Waals surface area contributed by atoms with Gasteiger partial charge >= 0.3 is 0 Å². The molecular formula is C26H38N4O3. The van der Waals surface area contributed by atoms with Crippen LogP contribution < -0.4 is 16.0 Å². The SMILES string of the molecule is CNc1c(O)ccc(CCNCCc2ccc(CCN(C)/C=C/C(C)C3CC3)o2)c1NC=O. The van der Waals surface area contributed by atoms with Crippen molar-refractivity contribution in [3.05, 3.63) is 53.6 Å². The van der Waals surface area contributed by atoms with Crippen LogP contribution in [0.15, 0.2) is 41.0 Å². The summed E-state index contributed by atoms with van der Waals surface area (Å²) >= 11 is 0. The molecule has 1 aromatic carbocycles. The van der Waals surface area contributed by atoms with Gasteiger partial charge in [0.05, 0.1) is 5.69 Å². The smallest absolute Gasteiger partial charge is 0.211 e. The molecule has 0 radical (unpaired) electrons. The zero-order chi connectivity index (χ0) is 23.6. The third-order valence-corrected chi connectivity index (χ3v) is 6.28. The maximum absolute atomic E-state index is 11.0. The third-order valence-electron chi connectivity index (χ3n) is 6.28. The molecule has 0 spiro atoms. The zero-order valence-electron chi connectivity index (χ0n) is 20.1. The standard InChI is InChI=1S/C26H38N4O3/c1-19(20-4-5-20)12-16-30(3)17-13-23-8-7-22(33-23)11-15-28-14-10-21-6-9-24(32)26(27-2)25(21)29-18-31/h6-9,12,16,18-20,27-28,32H,4-5,10-11,13-15,17H2,1-3H3,(H,29,31)/b16-12+. The molecule has 0 aliphatic heterocycles. The molecule has 33 heavy (non-hydrogen) atoms. The van der Waals surface area contributed by atoms with Crippen LogP contribution in [0, 0.1) is 11.8 Å². The van der Waals surface area contributed by atoms with Gasteiger partial charge in [-0.15, -0.1) is 0 Å². The molecule has 1 saturated carbocycles. The molecule has 180 valence electrons. The zero-order valence-corrected chi connectivity index (χ0v) is 20.1. The fourth-order valence-corrected chi connectivity index (χ4v) is 3.99. The highest BCUT2D eigenvalue weighted by molar-refractivity contribution is 5.86. The molecule has 4 N–H and O–H groups in total. The summed E-state index contributed by atoms with van der Waals surface area (Å²) in [6, 6.07) is 7.61. The highest BCUT2D eigenvalue weighted by atomic mass is 16.3. The first-order chi connectivity index (χ1) is 16.0. The van der Waals surface area contributed by atoms with Gasteiger partial charge in [0.25, 0.3) is 0 Å². The number of rotatable bonds is 15. The number of aromatic hydroxyl groups is 1. The molecule has 2 aromatic rings. The van der Waals surface area contributed by atoms with Crippen molar-refractivity contribution in [2.75, 3.05) is 44.4 Å². The number of hydrogen-bond acceptors (Lipinski definition) is 6. The Hall–Kier alpha value is -2.93. The number of phenolic OH excluding ortho intramolecular Hbond substituents is 1. The number of nitrogens with zero attached hydrogens (tertiary/aromatic N) is 1. The predicted octanol–water partition coefficient (Wildman–Crippen LogP) is 4.00. The fraction of sp³-hybridized carbons (Fsp3) is 0.500. The normalized spacial score (nSPS) is 14.4. The number of furan rings is 1. The van der Waals surface area contributed by atoms with Crippen LogP contribution >= 0.6 is 0 Å². The minimum Gasteiger partial charge on any atom is -0.506 e. The Balaban J connectivity index is 1.37. The van der Waals surface area contributed by atoms with E-state index in [1.807, 2.05) is 6.07 Å². The van der Waals surface area contributed by atoms with Gasteiger partial charge in [0.2, 0.25) is 6.41 Å². The first-order valence-electron chi connectivity index (χ1n) is 11.9. The average molecular weight is 455 g/mol. The maximum Gasteiger partial charge on any atom is 0.211 e. The largest absolute Gasteiger partial charge is 0.506 e. The lowest BCUT2D eigenvalue weighted by molar-refractivity contribution is -0.105. The summed E-state index contributed by atoms with van der Waals surface area (Å²) in [6.45, 7) is 4.81. The van der Waals surface area contributed by atoms with Crippen LogP contribution in [-0.2, 0) is 24.1 Å². The predicted molar refractivity (Wildman–Crippen MR) is 134 cm³/mol. The molecule has 1 amide bonds. The monoisotopic (exact) mass is 454 g/mol. The van der Waals surface area contributed by atoms with Crippen LogP contribution in [0.3, 0.4) is 0 Å². The van der Waals surface area contributed by atoms with Gasteiger partial charge < -0.3 is 30.4 Å². The Bertz CT molecular complexity index is 920. The number of amides is 1. The number of benzene rings is 1. The van der Waals surface area contributed by atoms with Crippen molar-refractivity contribution in [3.8, 4) is 5.75 Å². The topological polar surface area (TPSA) is 89.8 Å². The molecule has 1 unspecified atom stereocenters. The quantitative estimate of drug-likeness (QED) is 0.185. The van der Waals surface area contributed by atoms with E-state index in [1.54, 1.807) is 13.1 Å². The summed E-state index contributed by atoms with van der Waals surface area (Å²) in [4.78, 5) is 13.2. The van der Waals surface area contributed by atoms with E-state index < -0.39 is 0 Å². The Morgan fingerprint density at radius 2 is 1.85 bits per heavy atom. The van der Waals surface area contributed by atoms with Crippen molar-refractivity contribution in [2.45, 2.75) is 39.0 Å². The van der Waals surface area contributed by atoms with Crippen molar-refractivity contribution < 1.29 is 14.3 Å². The molecule has 1 aromatic heterocycles. The summed E-state index contributed by atoms with van der Waals surface area (Å²) in [5.74, 6) is 3.71. The van der Waals surface area contributed by atoms with Crippen LogP contribution in [-0.4, -0.2) is 50.1 Å². The first-order valence-corrected chi connectivity index (χ1v) is 11.9. The van der Waals surface area contributed by atoms with Crippen molar-refractivity contribution in [1.82, 2.24) is 10.2 Å². The number of allylic oxidation sites excluding steroid dienone is 1. The first kappa shape index (κ1) is 24.7. The minimum atomic E-state index is 0.113. The summed E-state index contributed by atoms with van der Waals surface area (Å²) in [5, 5.41) is 19.0. The van der Waals surface area contributed by atoms with Crippen molar-refractivity contribution in [3.63, 3.8) is 0 Å². The van der Waals surface area contributed by atoms with Crippen LogP contribution in [0.4, 0.5) is 11.4 Å². The summed E-state index contributed by atoms with van der Waals surface area (Å²) in [6.07, 6.45) is 10.4. The van der Waals surface area contributed by atoms with Gasteiger partial charge in [0, 0.05) is 40.0 Å². The number of anilines is 2. The van der Waals surface area contributed by atoms with Gasteiger partial charge in [-0.25, -0.2) is 0 Å². The highest BCUT2D eigenvalue weighted by Gasteiger charge is 2.25. The molecule has 1 aliphatic carbocycles. The molecule has 3 rings (SSSR count). The van der Waals surface area contributed by atoms with E-state index in [4.69, 9.17) is 4.42 Å². The van der Waals surface area contributed by atoms with E-state index in [-0.39, 0.29) is 5.75 Å². The fourth-order valence-electron chi connectivity index (χ4n) is 3.99. The third kappa shape index (κ3) is 7.56. The van der Waals surface area contributed by atoms with Crippen LogP contribution in [0.1, 0.15) is 36.8 Å². The highest BCUT2D eigenvalue weighted by Crippen LogP contribution is 2.37. The van der Waals surface area contributed by atoms with Crippen molar-refractivity contribution in [1.29, 1.82) is 0 Å². The number of phenols is 1. The average Bonchev–Trinajstić information content (AvgIpc) is 3.57. The molecule has 7 nitrogen and oxygen atoms in total. The summed E-state index contributed by atoms with van der Waals surface area (Å²) < 4.78 is 5.99. The van der Waals surface area contributed by atoms with Crippen LogP contribution in [0.2, 0.25) is 0 Å². The summed E-state index contributed by atoms with van der Waals surface area (Å²) in [5.41, 5.74) is 2.11. The second-order valence-electron chi connectivity index (χ2n) is 8.89. The van der Waals surface area contributed by atoms with Gasteiger partial charge in [-0.05, 0) is 67.6 Å². The van der Waals surface area contributed by atoms with E-state index in [0.717, 1.165) is 61.9 Å². The number of carbonyl (C=O) groups excluding carboxylic acids is 1. The van der Waals surface area contributed by atoms with Crippen LogP contribution in [0.25, 0.3) is 0 Å². The van der Waals surface area contributed by atoms with E-state index in [1.165, 1.54) is 12.8 Å². The molecule has 7 heteroatoms. The summed E-state index contributed by atoms with van der Waals surface area (Å²) in [7, 11) is 3.84. The van der Waals surface area contributed by atoms with Crippen molar-refractivity contribution >= 4 is 17.8 Å². The molecule has 0 saturated heterocycles. The maximum atomic E-state index is 11.0. The lowest BCUT2D eigenvalue weighted by Crippen LogP contribution is -2.20. The number of nitrogens with one attached hydrogen (secondary N) is 3. The molecule has 1 fully saturated rings. The lowest BCUT2D eigenvalue weighted by atomic mass is 10.1. The van der Waals surface area contributed by atoms with Gasteiger partial charge in [-0.3, -0.25) is 4.79 Å². The van der Waals surface area contributed by atoms with E-state index >= 15 is 0 Å². The number of hydrogen-bond donors (Lipinski definition) is 4.